The molecule has 7 heteroatoms. The van der Waals surface area contributed by atoms with Gasteiger partial charge in [-0.1, -0.05) is 23.7 Å². The Kier molecular flexibility index (Phi) is 5.42. The number of hydrogen-bond donors (Lipinski definition) is 1. The van der Waals surface area contributed by atoms with E-state index in [1.54, 1.807) is 38.1 Å². The van der Waals surface area contributed by atoms with E-state index < -0.39 is 5.97 Å². The van der Waals surface area contributed by atoms with Gasteiger partial charge < -0.3 is 9.15 Å². The first kappa shape index (κ1) is 18.2. The molecule has 136 valence electrons. The Bertz CT molecular complexity index is 886. The fourth-order valence-corrected chi connectivity index (χ4v) is 3.22. The molecule has 0 unspecified atom stereocenters. The lowest BCUT2D eigenvalue weighted by molar-refractivity contribution is 0.0486. The van der Waals surface area contributed by atoms with Gasteiger partial charge in [-0.05, 0) is 38.8 Å². The van der Waals surface area contributed by atoms with Crippen molar-refractivity contribution < 1.29 is 18.7 Å². The number of fused-ring (bicyclic) bond motifs is 1. The molecule has 0 aliphatic heterocycles. The fraction of sp³-hybridized carbons (Fsp3) is 0.316. The Morgan fingerprint density at radius 3 is 2.81 bits per heavy atom. The third-order valence-electron chi connectivity index (χ3n) is 4.20. The highest BCUT2D eigenvalue weighted by atomic mass is 35.5. The van der Waals surface area contributed by atoms with Crippen molar-refractivity contribution in [1.29, 1.82) is 0 Å². The fourth-order valence-electron chi connectivity index (χ4n) is 3.00. The van der Waals surface area contributed by atoms with Crippen molar-refractivity contribution in [1.82, 2.24) is 5.43 Å². The van der Waals surface area contributed by atoms with Crippen LogP contribution in [0.15, 0.2) is 33.8 Å². The minimum absolute atomic E-state index is 0.198. The summed E-state index contributed by atoms with van der Waals surface area (Å²) in [6.07, 6.45) is 2.22. The summed E-state index contributed by atoms with van der Waals surface area (Å²) in [5.74, 6) is 0.0206. The average Bonchev–Trinajstić information content (AvgIpc) is 2.98. The van der Waals surface area contributed by atoms with Gasteiger partial charge in [0.05, 0.1) is 22.9 Å². The van der Waals surface area contributed by atoms with Crippen molar-refractivity contribution >= 4 is 29.2 Å². The topological polar surface area (TPSA) is 80.9 Å². The third kappa shape index (κ3) is 3.51. The van der Waals surface area contributed by atoms with Gasteiger partial charge in [0, 0.05) is 17.5 Å². The van der Waals surface area contributed by atoms with Gasteiger partial charge in [-0.25, -0.2) is 10.2 Å². The molecule has 0 fully saturated rings. The van der Waals surface area contributed by atoms with Gasteiger partial charge in [0.15, 0.2) is 0 Å². The maximum absolute atomic E-state index is 12.3. The van der Waals surface area contributed by atoms with Crippen LogP contribution in [0.25, 0.3) is 0 Å². The number of furan rings is 1. The number of carbonyl (C=O) groups excluding carboxylic acids is 2. The number of amides is 1. The van der Waals surface area contributed by atoms with Crippen LogP contribution in [0.3, 0.4) is 0 Å². The maximum atomic E-state index is 12.3. The summed E-state index contributed by atoms with van der Waals surface area (Å²) in [5.41, 5.74) is 5.05. The molecule has 1 aliphatic carbocycles. The second-order valence-electron chi connectivity index (χ2n) is 5.91. The van der Waals surface area contributed by atoms with E-state index in [1.165, 1.54) is 0 Å². The van der Waals surface area contributed by atoms with E-state index in [0.717, 1.165) is 12.0 Å². The molecule has 0 saturated heterocycles. The van der Waals surface area contributed by atoms with Crippen molar-refractivity contribution in [3.8, 4) is 0 Å². The second kappa shape index (κ2) is 7.74. The first-order valence-electron chi connectivity index (χ1n) is 8.44. The number of benzene rings is 1. The summed E-state index contributed by atoms with van der Waals surface area (Å²) in [6.45, 7) is 3.82. The van der Waals surface area contributed by atoms with E-state index in [9.17, 15) is 9.59 Å². The second-order valence-corrected chi connectivity index (χ2v) is 6.31. The molecule has 1 aromatic heterocycles. The van der Waals surface area contributed by atoms with Crippen LogP contribution in [0.1, 0.15) is 57.6 Å². The summed E-state index contributed by atoms with van der Waals surface area (Å²) in [6, 6.07) is 6.77. The summed E-state index contributed by atoms with van der Waals surface area (Å²) in [7, 11) is 0. The highest BCUT2D eigenvalue weighted by molar-refractivity contribution is 6.33. The molecular formula is C19H19ClN2O4. The number of hydrogen-bond acceptors (Lipinski definition) is 5. The largest absolute Gasteiger partial charge is 0.460 e. The van der Waals surface area contributed by atoms with Crippen molar-refractivity contribution in [3.05, 3.63) is 57.5 Å². The first-order chi connectivity index (χ1) is 12.5. The average molecular weight is 375 g/mol. The molecule has 2 aromatic rings. The van der Waals surface area contributed by atoms with Crippen LogP contribution in [0, 0.1) is 6.92 Å². The van der Waals surface area contributed by atoms with Crippen molar-refractivity contribution in [2.45, 2.75) is 33.1 Å². The Labute approximate surface area is 156 Å². The van der Waals surface area contributed by atoms with Gasteiger partial charge in [0.25, 0.3) is 5.91 Å². The van der Waals surface area contributed by atoms with Crippen molar-refractivity contribution in [2.24, 2.45) is 5.10 Å². The van der Waals surface area contributed by atoms with Crippen LogP contribution in [-0.4, -0.2) is 24.2 Å². The van der Waals surface area contributed by atoms with Crippen LogP contribution in [0.5, 0.6) is 0 Å². The maximum Gasteiger partial charge on any atom is 0.374 e. The van der Waals surface area contributed by atoms with E-state index in [-0.39, 0.29) is 18.3 Å². The number of esters is 1. The predicted molar refractivity (Wildman–Crippen MR) is 97.8 cm³/mol. The molecular weight excluding hydrogens is 356 g/mol. The molecule has 0 spiro atoms. The van der Waals surface area contributed by atoms with Gasteiger partial charge in [0.1, 0.15) is 5.76 Å². The number of rotatable bonds is 4. The zero-order valence-corrected chi connectivity index (χ0v) is 15.4. The van der Waals surface area contributed by atoms with E-state index in [1.807, 2.05) is 0 Å². The number of ether oxygens (including phenoxy) is 1. The molecule has 1 heterocycles. The zero-order valence-electron chi connectivity index (χ0n) is 14.6. The molecule has 0 atom stereocenters. The van der Waals surface area contributed by atoms with Gasteiger partial charge in [-0.2, -0.15) is 5.10 Å². The molecule has 0 radical (unpaired) electrons. The van der Waals surface area contributed by atoms with Crippen molar-refractivity contribution in [3.63, 3.8) is 0 Å². The minimum atomic E-state index is -0.487. The van der Waals surface area contributed by atoms with Crippen LogP contribution < -0.4 is 5.43 Å². The van der Waals surface area contributed by atoms with E-state index in [2.05, 4.69) is 10.5 Å². The lowest BCUT2D eigenvalue weighted by atomic mass is 9.93. The molecule has 1 aliphatic rings. The van der Waals surface area contributed by atoms with Gasteiger partial charge in [-0.3, -0.25) is 4.79 Å². The minimum Gasteiger partial charge on any atom is -0.460 e. The number of nitrogens with one attached hydrogen (secondary N) is 1. The van der Waals surface area contributed by atoms with Gasteiger partial charge in [0.2, 0.25) is 5.76 Å². The molecule has 6 nitrogen and oxygen atoms in total. The molecule has 1 N–H and O–H groups in total. The normalized spacial score (nSPS) is 14.8. The van der Waals surface area contributed by atoms with Crippen molar-refractivity contribution in [2.75, 3.05) is 6.61 Å². The molecule has 26 heavy (non-hydrogen) atoms. The summed E-state index contributed by atoms with van der Waals surface area (Å²) < 4.78 is 10.7. The Balaban J connectivity index is 1.87. The van der Waals surface area contributed by atoms with E-state index in [0.29, 0.717) is 40.5 Å². The molecule has 0 bridgehead atoms. The van der Waals surface area contributed by atoms with Crippen LogP contribution in [0.2, 0.25) is 5.02 Å². The number of nitrogens with zero attached hydrogens (tertiary/aromatic N) is 1. The zero-order chi connectivity index (χ0) is 18.7. The summed E-state index contributed by atoms with van der Waals surface area (Å²) >= 11 is 6.04. The van der Waals surface area contributed by atoms with Crippen LogP contribution in [0.4, 0.5) is 0 Å². The molecule has 1 amide bonds. The Morgan fingerprint density at radius 1 is 1.31 bits per heavy atom. The number of carbonyl (C=O) groups is 2. The van der Waals surface area contributed by atoms with E-state index >= 15 is 0 Å². The first-order valence-corrected chi connectivity index (χ1v) is 8.82. The number of halogens is 1. The Morgan fingerprint density at radius 2 is 2.08 bits per heavy atom. The standard InChI is InChI=1S/C19H19ClN2O4/c1-3-25-19(24)17-11(2)16-14(9-6-10-15(16)26-17)21-22-18(23)12-7-4-5-8-13(12)20/h4-5,7-8H,3,6,9-10H2,1-2H3,(H,22,23)/b21-14+. The summed E-state index contributed by atoms with van der Waals surface area (Å²) in [4.78, 5) is 24.3. The number of aryl methyl sites for hydroxylation is 1. The smallest absolute Gasteiger partial charge is 0.374 e. The monoisotopic (exact) mass is 374 g/mol. The highest BCUT2D eigenvalue weighted by Crippen LogP contribution is 2.30. The SMILES string of the molecule is CCOC(=O)c1oc2c(c1C)/C(=N/NC(=O)c1ccccc1Cl)CCC2. The molecule has 0 saturated carbocycles. The number of hydrazone groups is 1. The third-order valence-corrected chi connectivity index (χ3v) is 4.53. The predicted octanol–water partition coefficient (Wildman–Crippen LogP) is 3.89. The van der Waals surface area contributed by atoms with Crippen LogP contribution in [-0.2, 0) is 11.2 Å². The Hall–Kier alpha value is -2.60. The quantitative estimate of drug-likeness (QED) is 0.650. The van der Waals surface area contributed by atoms with Gasteiger partial charge in [-0.15, -0.1) is 0 Å². The van der Waals surface area contributed by atoms with Crippen LogP contribution >= 0.6 is 11.6 Å². The molecule has 3 rings (SSSR count). The molecule has 1 aromatic carbocycles. The highest BCUT2D eigenvalue weighted by Gasteiger charge is 2.28. The lowest BCUT2D eigenvalue weighted by Crippen LogP contribution is -2.22. The van der Waals surface area contributed by atoms with Gasteiger partial charge >= 0.3 is 5.97 Å². The lowest BCUT2D eigenvalue weighted by Gasteiger charge is -2.13. The van der Waals surface area contributed by atoms with E-state index in [4.69, 9.17) is 20.8 Å². The summed E-state index contributed by atoms with van der Waals surface area (Å²) in [5, 5.41) is 4.63.